The molecule has 0 aliphatic rings. The first kappa shape index (κ1) is 18.2. The first-order valence-electron chi connectivity index (χ1n) is 8.83. The fourth-order valence-corrected chi connectivity index (χ4v) is 3.69. The second-order valence-corrected chi connectivity index (χ2v) is 6.54. The molecule has 0 fully saturated rings. The molecule has 2 heterocycles. The van der Waals surface area contributed by atoms with Crippen LogP contribution in [-0.2, 0) is 11.7 Å². The number of hydrogen-bond acceptors (Lipinski definition) is 3. The lowest BCUT2D eigenvalue weighted by Gasteiger charge is -2.34. The van der Waals surface area contributed by atoms with Crippen LogP contribution in [0.5, 0.6) is 0 Å². The molecule has 2 aromatic carbocycles. The highest BCUT2D eigenvalue weighted by molar-refractivity contribution is 5.79. The number of alkyl halides is 3. The quantitative estimate of drug-likeness (QED) is 0.496. The Morgan fingerprint density at radius 1 is 0.929 bits per heavy atom. The molecule has 0 spiro atoms. The second kappa shape index (κ2) is 6.74. The van der Waals surface area contributed by atoms with Gasteiger partial charge in [0.15, 0.2) is 0 Å². The summed E-state index contributed by atoms with van der Waals surface area (Å²) < 4.78 is 41.7. The minimum atomic E-state index is -4.43. The molecule has 28 heavy (non-hydrogen) atoms. The van der Waals surface area contributed by atoms with Crippen LogP contribution < -0.4 is 0 Å². The summed E-state index contributed by atoms with van der Waals surface area (Å²) in [6, 6.07) is 14.9. The van der Waals surface area contributed by atoms with E-state index < -0.39 is 17.3 Å². The van der Waals surface area contributed by atoms with Crippen molar-refractivity contribution in [2.24, 2.45) is 0 Å². The molecular formula is C21H17F3N4. The molecular weight excluding hydrogens is 365 g/mol. The molecule has 0 amide bonds. The summed E-state index contributed by atoms with van der Waals surface area (Å²) in [5.74, 6) is 0. The zero-order chi connectivity index (χ0) is 19.8. The van der Waals surface area contributed by atoms with E-state index in [2.05, 4.69) is 15.1 Å². The zero-order valence-corrected chi connectivity index (χ0v) is 15.1. The minimum absolute atomic E-state index is 0.490. The summed E-state index contributed by atoms with van der Waals surface area (Å²) in [6.07, 6.45) is 0.700. The SMILES string of the molecule is CCC(c1cccc(C(F)(F)F)c1)(c1ccc2ncccc2c1)n1cncn1. The molecule has 0 bridgehead atoms. The number of rotatable bonds is 4. The Morgan fingerprint density at radius 3 is 2.43 bits per heavy atom. The average Bonchev–Trinajstić information content (AvgIpc) is 3.24. The van der Waals surface area contributed by atoms with Gasteiger partial charge < -0.3 is 0 Å². The van der Waals surface area contributed by atoms with E-state index in [9.17, 15) is 13.2 Å². The van der Waals surface area contributed by atoms with Gasteiger partial charge in [-0.1, -0.05) is 31.2 Å². The van der Waals surface area contributed by atoms with E-state index in [4.69, 9.17) is 0 Å². The zero-order valence-electron chi connectivity index (χ0n) is 15.1. The van der Waals surface area contributed by atoms with Gasteiger partial charge in [-0.15, -0.1) is 0 Å². The van der Waals surface area contributed by atoms with Crippen LogP contribution in [0.4, 0.5) is 13.2 Å². The lowest BCUT2D eigenvalue weighted by molar-refractivity contribution is -0.137. The van der Waals surface area contributed by atoms with Gasteiger partial charge >= 0.3 is 6.18 Å². The van der Waals surface area contributed by atoms with Crippen LogP contribution in [-0.4, -0.2) is 19.7 Å². The molecule has 0 aliphatic heterocycles. The van der Waals surface area contributed by atoms with Gasteiger partial charge in [0.2, 0.25) is 0 Å². The van der Waals surface area contributed by atoms with E-state index in [-0.39, 0.29) is 0 Å². The molecule has 7 heteroatoms. The smallest absolute Gasteiger partial charge is 0.256 e. The number of halogens is 3. The summed E-state index contributed by atoms with van der Waals surface area (Å²) in [4.78, 5) is 8.37. The lowest BCUT2D eigenvalue weighted by Crippen LogP contribution is -2.36. The van der Waals surface area contributed by atoms with Crippen LogP contribution in [0.25, 0.3) is 10.9 Å². The average molecular weight is 382 g/mol. The molecule has 4 aromatic rings. The number of benzene rings is 2. The molecule has 0 saturated heterocycles. The number of nitrogens with zero attached hydrogens (tertiary/aromatic N) is 4. The van der Waals surface area contributed by atoms with Crippen LogP contribution in [0.15, 0.2) is 73.4 Å². The predicted octanol–water partition coefficient (Wildman–Crippen LogP) is 5.05. The molecule has 1 atom stereocenters. The Bertz CT molecular complexity index is 1110. The molecule has 142 valence electrons. The van der Waals surface area contributed by atoms with E-state index >= 15 is 0 Å². The maximum atomic E-state index is 13.4. The Morgan fingerprint density at radius 2 is 1.71 bits per heavy atom. The molecule has 0 radical (unpaired) electrons. The largest absolute Gasteiger partial charge is 0.416 e. The van der Waals surface area contributed by atoms with E-state index in [0.29, 0.717) is 12.0 Å². The van der Waals surface area contributed by atoms with Crippen molar-refractivity contribution in [3.05, 3.63) is 90.1 Å². The Labute approximate surface area is 159 Å². The molecule has 4 nitrogen and oxygen atoms in total. The fraction of sp³-hybridized carbons (Fsp3) is 0.190. The van der Waals surface area contributed by atoms with Crippen molar-refractivity contribution in [2.45, 2.75) is 25.1 Å². The van der Waals surface area contributed by atoms with Crippen LogP contribution in [0.1, 0.15) is 30.0 Å². The van der Waals surface area contributed by atoms with Crippen LogP contribution in [0.3, 0.4) is 0 Å². The van der Waals surface area contributed by atoms with Gasteiger partial charge in [-0.2, -0.15) is 18.3 Å². The number of fused-ring (bicyclic) bond motifs is 1. The number of hydrogen-bond donors (Lipinski definition) is 0. The first-order chi connectivity index (χ1) is 13.4. The van der Waals surface area contributed by atoms with Crippen molar-refractivity contribution >= 4 is 10.9 Å². The van der Waals surface area contributed by atoms with E-state index in [0.717, 1.165) is 22.5 Å². The van der Waals surface area contributed by atoms with E-state index in [1.54, 1.807) is 16.9 Å². The predicted molar refractivity (Wildman–Crippen MR) is 99.7 cm³/mol. The Balaban J connectivity index is 2.00. The van der Waals surface area contributed by atoms with Gasteiger partial charge in [-0.3, -0.25) is 4.98 Å². The summed E-state index contributed by atoms with van der Waals surface area (Å²) in [7, 11) is 0. The summed E-state index contributed by atoms with van der Waals surface area (Å²) in [5.41, 5.74) is 0.519. The number of pyridine rings is 1. The third-order valence-corrected chi connectivity index (χ3v) is 5.07. The molecule has 1 unspecified atom stereocenters. The Hall–Kier alpha value is -3.22. The van der Waals surface area contributed by atoms with Crippen molar-refractivity contribution < 1.29 is 13.2 Å². The standard InChI is InChI=1S/C21H17F3N4/c1-2-20(28-14-25-13-27-28,16-6-3-7-18(12-16)21(22,23)24)17-8-9-19-15(11-17)5-4-10-26-19/h3-14H,2H2,1H3. The van der Waals surface area contributed by atoms with Crippen LogP contribution in [0, 0.1) is 0 Å². The number of aromatic nitrogens is 4. The lowest BCUT2D eigenvalue weighted by atomic mass is 9.79. The first-order valence-corrected chi connectivity index (χ1v) is 8.83. The van der Waals surface area contributed by atoms with Crippen molar-refractivity contribution in [1.29, 1.82) is 0 Å². The van der Waals surface area contributed by atoms with Crippen molar-refractivity contribution in [3.8, 4) is 0 Å². The van der Waals surface area contributed by atoms with E-state index in [1.165, 1.54) is 24.8 Å². The van der Waals surface area contributed by atoms with Gasteiger partial charge in [-0.05, 0) is 47.9 Å². The summed E-state index contributed by atoms with van der Waals surface area (Å²) >= 11 is 0. The maximum Gasteiger partial charge on any atom is 0.416 e. The molecule has 2 aromatic heterocycles. The van der Waals surface area contributed by atoms with Gasteiger partial charge in [0.1, 0.15) is 18.2 Å². The third-order valence-electron chi connectivity index (χ3n) is 5.07. The third kappa shape index (κ3) is 2.93. The summed E-state index contributed by atoms with van der Waals surface area (Å²) in [6.45, 7) is 1.93. The fourth-order valence-electron chi connectivity index (χ4n) is 3.69. The topological polar surface area (TPSA) is 43.6 Å². The molecule has 0 saturated carbocycles. The van der Waals surface area contributed by atoms with Gasteiger partial charge in [0.05, 0.1) is 11.1 Å². The van der Waals surface area contributed by atoms with Gasteiger partial charge in [0.25, 0.3) is 0 Å². The molecule has 4 rings (SSSR count). The highest BCUT2D eigenvalue weighted by atomic mass is 19.4. The second-order valence-electron chi connectivity index (χ2n) is 6.54. The highest BCUT2D eigenvalue weighted by Gasteiger charge is 2.38. The van der Waals surface area contributed by atoms with Crippen molar-refractivity contribution in [1.82, 2.24) is 19.7 Å². The van der Waals surface area contributed by atoms with Gasteiger partial charge in [-0.25, -0.2) is 9.67 Å². The van der Waals surface area contributed by atoms with Crippen LogP contribution in [0.2, 0.25) is 0 Å². The van der Waals surface area contributed by atoms with Crippen molar-refractivity contribution in [3.63, 3.8) is 0 Å². The van der Waals surface area contributed by atoms with Gasteiger partial charge in [0, 0.05) is 11.6 Å². The van der Waals surface area contributed by atoms with Crippen molar-refractivity contribution in [2.75, 3.05) is 0 Å². The summed E-state index contributed by atoms with van der Waals surface area (Å²) in [5, 5.41) is 5.20. The van der Waals surface area contributed by atoms with E-state index in [1.807, 2.05) is 37.3 Å². The monoisotopic (exact) mass is 382 g/mol. The minimum Gasteiger partial charge on any atom is -0.256 e. The molecule has 0 N–H and O–H groups in total. The normalized spacial score (nSPS) is 14.1. The van der Waals surface area contributed by atoms with Crippen LogP contribution >= 0.6 is 0 Å². The Kier molecular flexibility index (Phi) is 4.37. The molecule has 0 aliphatic carbocycles. The maximum absolute atomic E-state index is 13.4. The highest BCUT2D eigenvalue weighted by Crippen LogP contribution is 2.40.